The van der Waals surface area contributed by atoms with Gasteiger partial charge in [0.2, 0.25) is 0 Å². The SMILES string of the molecule is Cc1cc(Br)cn2cc(CNC(=O)c3cccc(Cl)c3)nc12. The molecule has 0 aliphatic heterocycles. The van der Waals surface area contributed by atoms with E-state index in [-0.39, 0.29) is 5.91 Å². The molecule has 6 heteroatoms. The Bertz CT molecular complexity index is 860. The van der Waals surface area contributed by atoms with Crippen LogP contribution >= 0.6 is 27.5 Å². The molecular formula is C16H13BrClN3O. The monoisotopic (exact) mass is 377 g/mol. The normalized spacial score (nSPS) is 10.9. The lowest BCUT2D eigenvalue weighted by Gasteiger charge is -2.03. The number of carbonyl (C=O) groups is 1. The Labute approximate surface area is 141 Å². The van der Waals surface area contributed by atoms with E-state index in [0.717, 1.165) is 21.4 Å². The molecular weight excluding hydrogens is 366 g/mol. The predicted molar refractivity (Wildman–Crippen MR) is 90.3 cm³/mol. The Morgan fingerprint density at radius 3 is 2.95 bits per heavy atom. The van der Waals surface area contributed by atoms with Gasteiger partial charge in [-0.1, -0.05) is 17.7 Å². The molecule has 0 bridgehead atoms. The smallest absolute Gasteiger partial charge is 0.251 e. The summed E-state index contributed by atoms with van der Waals surface area (Å²) in [5, 5.41) is 3.39. The van der Waals surface area contributed by atoms with E-state index < -0.39 is 0 Å². The fourth-order valence-electron chi connectivity index (χ4n) is 2.26. The second kappa shape index (κ2) is 6.10. The lowest BCUT2D eigenvalue weighted by molar-refractivity contribution is 0.0950. The molecule has 1 amide bonds. The highest BCUT2D eigenvalue weighted by atomic mass is 79.9. The summed E-state index contributed by atoms with van der Waals surface area (Å²) >= 11 is 9.35. The van der Waals surface area contributed by atoms with Crippen molar-refractivity contribution >= 4 is 39.1 Å². The molecule has 0 fully saturated rings. The molecule has 0 radical (unpaired) electrons. The second-order valence-electron chi connectivity index (χ2n) is 5.00. The zero-order valence-electron chi connectivity index (χ0n) is 11.8. The van der Waals surface area contributed by atoms with E-state index in [4.69, 9.17) is 11.6 Å². The van der Waals surface area contributed by atoms with Crippen molar-refractivity contribution in [3.63, 3.8) is 0 Å². The van der Waals surface area contributed by atoms with Gasteiger partial charge in [0.15, 0.2) is 0 Å². The number of aryl methyl sites for hydroxylation is 1. The average molecular weight is 379 g/mol. The number of nitrogens with one attached hydrogen (secondary N) is 1. The Hall–Kier alpha value is -1.85. The first-order chi connectivity index (χ1) is 10.5. The van der Waals surface area contributed by atoms with Crippen LogP contribution in [0, 0.1) is 6.92 Å². The first kappa shape index (κ1) is 15.1. The van der Waals surface area contributed by atoms with Crippen LogP contribution in [0.1, 0.15) is 21.6 Å². The number of fused-ring (bicyclic) bond motifs is 1. The molecule has 0 atom stereocenters. The molecule has 0 aliphatic carbocycles. The van der Waals surface area contributed by atoms with Crippen LogP contribution in [-0.2, 0) is 6.54 Å². The van der Waals surface area contributed by atoms with Crippen LogP contribution in [0.4, 0.5) is 0 Å². The van der Waals surface area contributed by atoms with Crippen molar-refractivity contribution < 1.29 is 4.79 Å². The molecule has 0 aliphatic rings. The second-order valence-corrected chi connectivity index (χ2v) is 6.35. The maximum absolute atomic E-state index is 12.1. The Morgan fingerprint density at radius 1 is 1.36 bits per heavy atom. The van der Waals surface area contributed by atoms with Crippen molar-refractivity contribution in [3.8, 4) is 0 Å². The lowest BCUT2D eigenvalue weighted by atomic mass is 10.2. The number of rotatable bonds is 3. The predicted octanol–water partition coefficient (Wildman–Crippen LogP) is 3.99. The summed E-state index contributed by atoms with van der Waals surface area (Å²) < 4.78 is 2.93. The van der Waals surface area contributed by atoms with Crippen LogP contribution in [0.3, 0.4) is 0 Å². The number of benzene rings is 1. The van der Waals surface area contributed by atoms with Gasteiger partial charge in [0.25, 0.3) is 5.91 Å². The summed E-state index contributed by atoms with van der Waals surface area (Å²) in [5.74, 6) is -0.169. The molecule has 2 heterocycles. The van der Waals surface area contributed by atoms with Crippen LogP contribution in [0.15, 0.2) is 47.2 Å². The van der Waals surface area contributed by atoms with E-state index in [1.165, 1.54) is 0 Å². The van der Waals surface area contributed by atoms with E-state index in [2.05, 4.69) is 26.2 Å². The van der Waals surface area contributed by atoms with Crippen LogP contribution in [0.2, 0.25) is 5.02 Å². The summed E-state index contributed by atoms with van der Waals surface area (Å²) in [5.41, 5.74) is 3.30. The number of hydrogen-bond donors (Lipinski definition) is 1. The Morgan fingerprint density at radius 2 is 2.18 bits per heavy atom. The van der Waals surface area contributed by atoms with Gasteiger partial charge in [-0.15, -0.1) is 0 Å². The molecule has 3 rings (SSSR count). The number of amides is 1. The first-order valence-corrected chi connectivity index (χ1v) is 7.87. The van der Waals surface area contributed by atoms with Gasteiger partial charge in [-0.05, 0) is 52.7 Å². The highest BCUT2D eigenvalue weighted by Crippen LogP contribution is 2.17. The molecule has 0 spiro atoms. The molecule has 1 aromatic carbocycles. The summed E-state index contributed by atoms with van der Waals surface area (Å²) in [7, 11) is 0. The van der Waals surface area contributed by atoms with Gasteiger partial charge >= 0.3 is 0 Å². The maximum Gasteiger partial charge on any atom is 0.251 e. The zero-order chi connectivity index (χ0) is 15.7. The van der Waals surface area contributed by atoms with Crippen LogP contribution in [0.5, 0.6) is 0 Å². The molecule has 0 saturated carbocycles. The summed E-state index contributed by atoms with van der Waals surface area (Å²) in [6, 6.07) is 8.87. The summed E-state index contributed by atoms with van der Waals surface area (Å²) in [4.78, 5) is 16.6. The van der Waals surface area contributed by atoms with Crippen molar-refractivity contribution in [2.24, 2.45) is 0 Å². The standard InChI is InChI=1S/C16H13BrClN3O/c1-10-5-12(17)8-21-9-14(20-15(10)21)7-19-16(22)11-3-2-4-13(18)6-11/h2-6,8-9H,7H2,1H3,(H,19,22). The van der Waals surface area contributed by atoms with E-state index in [9.17, 15) is 4.79 Å². The topological polar surface area (TPSA) is 46.4 Å². The van der Waals surface area contributed by atoms with E-state index in [1.54, 1.807) is 24.3 Å². The lowest BCUT2D eigenvalue weighted by Crippen LogP contribution is -2.22. The molecule has 22 heavy (non-hydrogen) atoms. The highest BCUT2D eigenvalue weighted by Gasteiger charge is 2.09. The molecule has 1 N–H and O–H groups in total. The number of aromatic nitrogens is 2. The largest absolute Gasteiger partial charge is 0.346 e. The van der Waals surface area contributed by atoms with E-state index in [0.29, 0.717) is 17.1 Å². The van der Waals surface area contributed by atoms with Crippen molar-refractivity contribution in [3.05, 3.63) is 69.0 Å². The van der Waals surface area contributed by atoms with Gasteiger partial charge in [0, 0.05) is 27.5 Å². The minimum atomic E-state index is -0.169. The van der Waals surface area contributed by atoms with Gasteiger partial charge in [-0.2, -0.15) is 0 Å². The van der Waals surface area contributed by atoms with Crippen molar-refractivity contribution in [2.45, 2.75) is 13.5 Å². The van der Waals surface area contributed by atoms with Crippen molar-refractivity contribution in [1.82, 2.24) is 14.7 Å². The fourth-order valence-corrected chi connectivity index (χ4v) is 3.02. The Balaban J connectivity index is 1.76. The van der Waals surface area contributed by atoms with Gasteiger partial charge in [0.1, 0.15) is 5.65 Å². The third kappa shape index (κ3) is 3.15. The van der Waals surface area contributed by atoms with Gasteiger partial charge in [-0.25, -0.2) is 4.98 Å². The van der Waals surface area contributed by atoms with Crippen molar-refractivity contribution in [2.75, 3.05) is 0 Å². The number of carbonyl (C=O) groups excluding carboxylic acids is 1. The first-order valence-electron chi connectivity index (χ1n) is 6.70. The number of hydrogen-bond acceptors (Lipinski definition) is 2. The zero-order valence-corrected chi connectivity index (χ0v) is 14.1. The summed E-state index contributed by atoms with van der Waals surface area (Å²) in [6.45, 7) is 2.37. The quantitative estimate of drug-likeness (QED) is 0.749. The molecule has 2 aromatic heterocycles. The maximum atomic E-state index is 12.1. The molecule has 3 aromatic rings. The molecule has 4 nitrogen and oxygen atoms in total. The molecule has 0 unspecified atom stereocenters. The fraction of sp³-hybridized carbons (Fsp3) is 0.125. The minimum Gasteiger partial charge on any atom is -0.346 e. The van der Waals surface area contributed by atoms with Crippen LogP contribution in [0.25, 0.3) is 5.65 Å². The number of imidazole rings is 1. The van der Waals surface area contributed by atoms with Gasteiger partial charge < -0.3 is 9.72 Å². The Kier molecular flexibility index (Phi) is 4.18. The average Bonchev–Trinajstić information content (AvgIpc) is 2.88. The van der Waals surface area contributed by atoms with Crippen LogP contribution in [-0.4, -0.2) is 15.3 Å². The van der Waals surface area contributed by atoms with Crippen molar-refractivity contribution in [1.29, 1.82) is 0 Å². The summed E-state index contributed by atoms with van der Waals surface area (Å²) in [6.07, 6.45) is 3.85. The van der Waals surface area contributed by atoms with Gasteiger partial charge in [-0.3, -0.25) is 4.79 Å². The molecule has 112 valence electrons. The minimum absolute atomic E-state index is 0.169. The molecule has 0 saturated heterocycles. The van der Waals surface area contributed by atoms with Crippen LogP contribution < -0.4 is 5.32 Å². The number of halogens is 2. The van der Waals surface area contributed by atoms with E-state index >= 15 is 0 Å². The number of pyridine rings is 1. The third-order valence-electron chi connectivity index (χ3n) is 3.27. The highest BCUT2D eigenvalue weighted by molar-refractivity contribution is 9.10. The van der Waals surface area contributed by atoms with Gasteiger partial charge in [0.05, 0.1) is 12.2 Å². The van der Waals surface area contributed by atoms with E-state index in [1.807, 2.05) is 29.8 Å². The third-order valence-corrected chi connectivity index (χ3v) is 3.94. The number of nitrogens with zero attached hydrogens (tertiary/aromatic N) is 2.